The van der Waals surface area contributed by atoms with Crippen LogP contribution in [0, 0.1) is 0 Å². The fourth-order valence-corrected chi connectivity index (χ4v) is 5.91. The second-order valence-corrected chi connectivity index (χ2v) is 8.37. The fourth-order valence-electron chi connectivity index (χ4n) is 1.90. The van der Waals surface area contributed by atoms with Gasteiger partial charge >= 0.3 is 0 Å². The molecular formula is C12H14N2S6. The summed E-state index contributed by atoms with van der Waals surface area (Å²) in [5.74, 6) is 0. The van der Waals surface area contributed by atoms with Gasteiger partial charge in [-0.1, -0.05) is 86.2 Å². The largest absolute Gasteiger partial charge is 0.317 e. The molecule has 20 heavy (non-hydrogen) atoms. The molecule has 2 heterocycles. The van der Waals surface area contributed by atoms with E-state index < -0.39 is 0 Å². The highest BCUT2D eigenvalue weighted by atomic mass is 32.2. The first-order valence-corrected chi connectivity index (χ1v) is 9.59. The van der Waals surface area contributed by atoms with Crippen molar-refractivity contribution in [3.05, 3.63) is 9.81 Å². The normalized spacial score (nSPS) is 23.5. The van der Waals surface area contributed by atoms with Crippen LogP contribution in [0.15, 0.2) is 9.81 Å². The second-order valence-electron chi connectivity index (χ2n) is 4.31. The van der Waals surface area contributed by atoms with Crippen LogP contribution in [0.2, 0.25) is 0 Å². The van der Waals surface area contributed by atoms with Crippen LogP contribution < -0.4 is 0 Å². The summed E-state index contributed by atoms with van der Waals surface area (Å²) in [6.45, 7) is 5.96. The molecule has 0 aromatic heterocycles. The molecule has 0 saturated carbocycles. The van der Waals surface area contributed by atoms with Gasteiger partial charge in [-0.2, -0.15) is 0 Å². The lowest BCUT2D eigenvalue weighted by atomic mass is 10.3. The average Bonchev–Trinajstić information content (AvgIpc) is 2.84. The van der Waals surface area contributed by atoms with Crippen LogP contribution in [0.25, 0.3) is 0 Å². The van der Waals surface area contributed by atoms with Gasteiger partial charge in [-0.05, 0) is 12.8 Å². The van der Waals surface area contributed by atoms with Crippen molar-refractivity contribution in [3.8, 4) is 0 Å². The first-order valence-electron chi connectivity index (χ1n) is 6.32. The Morgan fingerprint density at radius 1 is 0.750 bits per heavy atom. The molecule has 0 unspecified atom stereocenters. The minimum Gasteiger partial charge on any atom is -0.317 e. The average molecular weight is 379 g/mol. The van der Waals surface area contributed by atoms with E-state index in [1.165, 1.54) is 0 Å². The van der Waals surface area contributed by atoms with Crippen LogP contribution in [-0.2, 0) is 0 Å². The molecule has 8 heteroatoms. The molecular weight excluding hydrogens is 365 g/mol. The number of nitrogens with zero attached hydrogens (tertiary/aromatic N) is 2. The van der Waals surface area contributed by atoms with Gasteiger partial charge in [0.05, 0.1) is 9.81 Å². The van der Waals surface area contributed by atoms with Gasteiger partial charge in [0, 0.05) is 13.1 Å². The highest BCUT2D eigenvalue weighted by Crippen LogP contribution is 2.43. The molecule has 2 rings (SSSR count). The zero-order valence-corrected chi connectivity index (χ0v) is 16.1. The van der Waals surface area contributed by atoms with Crippen molar-refractivity contribution in [2.45, 2.75) is 26.7 Å². The van der Waals surface area contributed by atoms with Crippen molar-refractivity contribution in [1.29, 1.82) is 0 Å². The van der Waals surface area contributed by atoms with E-state index in [4.69, 9.17) is 48.9 Å². The molecule has 2 saturated heterocycles. The van der Waals surface area contributed by atoms with Gasteiger partial charge in [0.15, 0.2) is 0 Å². The molecule has 108 valence electrons. The lowest BCUT2D eigenvalue weighted by Crippen LogP contribution is -2.29. The maximum absolute atomic E-state index is 5.56. The Balaban J connectivity index is 2.31. The Labute approximate surface area is 149 Å². The topological polar surface area (TPSA) is 6.48 Å². The van der Waals surface area contributed by atoms with Gasteiger partial charge in [0.2, 0.25) is 0 Å². The highest BCUT2D eigenvalue weighted by molar-refractivity contribution is 8.30. The standard InChI is InChI=1S/C12H14N2S6/c1-3-5-13-9(15)7(19-11(13)17)8-10(16)14(6-4-2)12(18)20-8/h3-6H2,1-2H3/b8-7+. The van der Waals surface area contributed by atoms with Crippen molar-refractivity contribution in [3.63, 3.8) is 0 Å². The Morgan fingerprint density at radius 2 is 1.10 bits per heavy atom. The van der Waals surface area contributed by atoms with E-state index in [1.54, 1.807) is 23.5 Å². The van der Waals surface area contributed by atoms with Crippen LogP contribution in [0.5, 0.6) is 0 Å². The molecule has 2 aliphatic heterocycles. The van der Waals surface area contributed by atoms with E-state index in [0.717, 1.165) is 54.4 Å². The molecule has 0 radical (unpaired) electrons. The lowest BCUT2D eigenvalue weighted by Gasteiger charge is -2.16. The van der Waals surface area contributed by atoms with Crippen LogP contribution in [-0.4, -0.2) is 41.5 Å². The summed E-state index contributed by atoms with van der Waals surface area (Å²) in [4.78, 5) is 7.66. The van der Waals surface area contributed by atoms with E-state index in [9.17, 15) is 0 Å². The second kappa shape index (κ2) is 7.11. The predicted molar refractivity (Wildman–Crippen MR) is 107 cm³/mol. The molecule has 0 aliphatic carbocycles. The smallest absolute Gasteiger partial charge is 0.146 e. The molecule has 0 N–H and O–H groups in total. The van der Waals surface area contributed by atoms with Gasteiger partial charge < -0.3 is 9.80 Å². The third kappa shape index (κ3) is 3.10. The third-order valence-electron chi connectivity index (χ3n) is 2.80. The summed E-state index contributed by atoms with van der Waals surface area (Å²) in [6.07, 6.45) is 2.03. The van der Waals surface area contributed by atoms with Crippen LogP contribution in [0.4, 0.5) is 0 Å². The van der Waals surface area contributed by atoms with Crippen LogP contribution in [0.1, 0.15) is 26.7 Å². The molecule has 0 amide bonds. The van der Waals surface area contributed by atoms with Gasteiger partial charge in [-0.15, -0.1) is 0 Å². The Morgan fingerprint density at radius 3 is 1.40 bits per heavy atom. The molecule has 2 nitrogen and oxygen atoms in total. The van der Waals surface area contributed by atoms with Crippen molar-refractivity contribution in [2.24, 2.45) is 0 Å². The van der Waals surface area contributed by atoms with Crippen molar-refractivity contribution >= 4 is 91.0 Å². The van der Waals surface area contributed by atoms with Gasteiger partial charge in [-0.3, -0.25) is 0 Å². The summed E-state index contributed by atoms with van der Waals surface area (Å²) in [7, 11) is 0. The van der Waals surface area contributed by atoms with E-state index >= 15 is 0 Å². The van der Waals surface area contributed by atoms with E-state index in [2.05, 4.69) is 13.8 Å². The molecule has 0 bridgehead atoms. The number of thiocarbonyl (C=S) groups is 4. The number of hydrogen-bond donors (Lipinski definition) is 0. The zero-order valence-electron chi connectivity index (χ0n) is 11.2. The van der Waals surface area contributed by atoms with Crippen LogP contribution >= 0.6 is 72.4 Å². The van der Waals surface area contributed by atoms with Gasteiger partial charge in [-0.25, -0.2) is 0 Å². The SMILES string of the molecule is CCCN1C(=S)S/C(=C2/SC(=S)N(CCC)C2=S)C1=S. The number of rotatable bonds is 4. The summed E-state index contributed by atoms with van der Waals surface area (Å²) >= 11 is 25.0. The minimum absolute atomic E-state index is 0.799. The van der Waals surface area contributed by atoms with Crippen molar-refractivity contribution < 1.29 is 0 Å². The van der Waals surface area contributed by atoms with E-state index in [0.29, 0.717) is 0 Å². The monoisotopic (exact) mass is 378 g/mol. The van der Waals surface area contributed by atoms with Gasteiger partial charge in [0.25, 0.3) is 0 Å². The highest BCUT2D eigenvalue weighted by Gasteiger charge is 2.37. The minimum atomic E-state index is 0.799. The number of hydrogen-bond acceptors (Lipinski definition) is 6. The first-order chi connectivity index (χ1) is 9.51. The molecule has 2 fully saturated rings. The molecule has 0 atom stereocenters. The Kier molecular flexibility index (Phi) is 5.96. The zero-order chi connectivity index (χ0) is 14.9. The number of thioether (sulfide) groups is 2. The third-order valence-corrected chi connectivity index (χ3v) is 6.97. The maximum atomic E-state index is 5.56. The first kappa shape index (κ1) is 16.8. The van der Waals surface area contributed by atoms with E-state index in [1.807, 2.05) is 9.80 Å². The summed E-state index contributed by atoms with van der Waals surface area (Å²) < 4.78 is 1.64. The van der Waals surface area contributed by atoms with Crippen LogP contribution in [0.3, 0.4) is 0 Å². The predicted octanol–water partition coefficient (Wildman–Crippen LogP) is 4.34. The fraction of sp³-hybridized carbons (Fsp3) is 0.500. The van der Waals surface area contributed by atoms with Crippen molar-refractivity contribution in [1.82, 2.24) is 9.80 Å². The lowest BCUT2D eigenvalue weighted by molar-refractivity contribution is 0.625. The van der Waals surface area contributed by atoms with Crippen molar-refractivity contribution in [2.75, 3.05) is 13.1 Å². The summed E-state index contributed by atoms with van der Waals surface area (Å²) in [6, 6.07) is 0. The summed E-state index contributed by atoms with van der Waals surface area (Å²) in [5, 5.41) is 0. The Hall–Kier alpha value is 0.400. The maximum Gasteiger partial charge on any atom is 0.146 e. The molecule has 2 aliphatic rings. The quantitative estimate of drug-likeness (QED) is 0.520. The molecule has 0 aromatic carbocycles. The molecule has 0 spiro atoms. The summed E-state index contributed by atoms with van der Waals surface area (Å²) in [5.41, 5.74) is 0. The van der Waals surface area contributed by atoms with E-state index in [-0.39, 0.29) is 0 Å². The Bertz CT molecular complexity index is 478. The molecule has 0 aromatic rings. The van der Waals surface area contributed by atoms with Gasteiger partial charge in [0.1, 0.15) is 18.6 Å².